The molecule has 160 valence electrons. The minimum Gasteiger partial charge on any atom is -0.494 e. The van der Waals surface area contributed by atoms with E-state index in [4.69, 9.17) is 10.5 Å². The SMILES string of the molecule is CN1CCN(CCCOc2cccc(C=NN=C(N)SCc3ccccc3)c2)CC1. The van der Waals surface area contributed by atoms with Crippen LogP contribution in [0.3, 0.4) is 0 Å². The van der Waals surface area contributed by atoms with Gasteiger partial charge in [0, 0.05) is 38.5 Å². The first-order valence-electron chi connectivity index (χ1n) is 10.4. The Kier molecular flexibility index (Phi) is 9.21. The van der Waals surface area contributed by atoms with E-state index in [-0.39, 0.29) is 0 Å². The molecule has 1 fully saturated rings. The van der Waals surface area contributed by atoms with E-state index in [0.717, 1.165) is 56.2 Å². The Labute approximate surface area is 183 Å². The van der Waals surface area contributed by atoms with Gasteiger partial charge in [0.25, 0.3) is 0 Å². The quantitative estimate of drug-likeness (QED) is 0.289. The molecule has 1 aliphatic rings. The standard InChI is InChI=1S/C23H31N5OS/c1-27-12-14-28(15-13-27)11-6-16-29-22-10-5-9-21(17-22)18-25-26-23(24)30-19-20-7-3-2-4-8-20/h2-5,7-10,17-18H,6,11-16,19H2,1H3,(H2,24,26). The Hall–Kier alpha value is -2.35. The minimum absolute atomic E-state index is 0.450. The molecule has 0 aromatic heterocycles. The van der Waals surface area contributed by atoms with Gasteiger partial charge in [0.05, 0.1) is 12.8 Å². The molecular weight excluding hydrogens is 394 g/mol. The molecule has 0 aliphatic carbocycles. The fourth-order valence-electron chi connectivity index (χ4n) is 3.15. The van der Waals surface area contributed by atoms with Crippen molar-refractivity contribution in [1.82, 2.24) is 9.80 Å². The van der Waals surface area contributed by atoms with E-state index in [1.165, 1.54) is 17.3 Å². The van der Waals surface area contributed by atoms with Gasteiger partial charge in [-0.25, -0.2) is 0 Å². The van der Waals surface area contributed by atoms with Gasteiger partial charge in [-0.2, -0.15) is 5.10 Å². The molecule has 2 aromatic rings. The Balaban J connectivity index is 1.38. The van der Waals surface area contributed by atoms with Gasteiger partial charge in [0.15, 0.2) is 5.17 Å². The number of nitrogens with two attached hydrogens (primary N) is 1. The predicted octanol–water partition coefficient (Wildman–Crippen LogP) is 3.28. The second-order valence-electron chi connectivity index (χ2n) is 7.38. The molecule has 0 amide bonds. The molecule has 0 spiro atoms. The van der Waals surface area contributed by atoms with E-state index >= 15 is 0 Å². The molecule has 0 atom stereocenters. The van der Waals surface area contributed by atoms with Crippen LogP contribution in [0.2, 0.25) is 0 Å². The van der Waals surface area contributed by atoms with Crippen molar-refractivity contribution in [2.24, 2.45) is 15.9 Å². The monoisotopic (exact) mass is 425 g/mol. The van der Waals surface area contributed by atoms with E-state index < -0.39 is 0 Å². The molecule has 0 unspecified atom stereocenters. The number of amidine groups is 1. The molecule has 1 heterocycles. The van der Waals surface area contributed by atoms with E-state index in [1.807, 2.05) is 42.5 Å². The fraction of sp³-hybridized carbons (Fsp3) is 0.391. The summed E-state index contributed by atoms with van der Waals surface area (Å²) in [5.74, 6) is 1.64. The number of ether oxygens (including phenoxy) is 1. The van der Waals surface area contributed by atoms with Gasteiger partial charge in [0.2, 0.25) is 0 Å². The summed E-state index contributed by atoms with van der Waals surface area (Å²) in [5, 5.41) is 8.63. The average molecular weight is 426 g/mol. The van der Waals surface area contributed by atoms with Gasteiger partial charge < -0.3 is 20.3 Å². The molecule has 3 rings (SSSR count). The van der Waals surface area contributed by atoms with Gasteiger partial charge in [-0.1, -0.05) is 54.2 Å². The minimum atomic E-state index is 0.450. The van der Waals surface area contributed by atoms with Crippen LogP contribution in [0.1, 0.15) is 17.5 Å². The lowest BCUT2D eigenvalue weighted by molar-refractivity contribution is 0.145. The molecule has 6 nitrogen and oxygen atoms in total. The number of hydrogen-bond donors (Lipinski definition) is 1. The first-order chi connectivity index (χ1) is 14.7. The first-order valence-corrected chi connectivity index (χ1v) is 11.3. The van der Waals surface area contributed by atoms with E-state index in [9.17, 15) is 0 Å². The second kappa shape index (κ2) is 12.4. The van der Waals surface area contributed by atoms with E-state index in [1.54, 1.807) is 6.21 Å². The topological polar surface area (TPSA) is 66.5 Å². The Morgan fingerprint density at radius 2 is 1.90 bits per heavy atom. The zero-order chi connectivity index (χ0) is 21.0. The lowest BCUT2D eigenvalue weighted by Crippen LogP contribution is -2.44. The molecule has 1 saturated heterocycles. The van der Waals surface area contributed by atoms with Crippen molar-refractivity contribution in [1.29, 1.82) is 0 Å². The van der Waals surface area contributed by atoms with Crippen LogP contribution in [0.15, 0.2) is 64.8 Å². The summed E-state index contributed by atoms with van der Waals surface area (Å²) in [4.78, 5) is 4.88. The molecule has 7 heteroatoms. The average Bonchev–Trinajstić information content (AvgIpc) is 2.78. The van der Waals surface area contributed by atoms with Crippen LogP contribution in [0.5, 0.6) is 5.75 Å². The number of rotatable bonds is 9. The van der Waals surface area contributed by atoms with Crippen LogP contribution in [-0.4, -0.2) is 67.6 Å². The third-order valence-corrected chi connectivity index (χ3v) is 5.79. The molecular formula is C23H31N5OS. The molecule has 0 saturated carbocycles. The van der Waals surface area contributed by atoms with Crippen molar-refractivity contribution in [2.75, 3.05) is 46.4 Å². The Morgan fingerprint density at radius 3 is 2.70 bits per heavy atom. The second-order valence-corrected chi connectivity index (χ2v) is 8.37. The van der Waals surface area contributed by atoms with Gasteiger partial charge in [-0.15, -0.1) is 5.10 Å². The lowest BCUT2D eigenvalue weighted by atomic mass is 10.2. The van der Waals surface area contributed by atoms with Crippen molar-refractivity contribution in [3.63, 3.8) is 0 Å². The van der Waals surface area contributed by atoms with Gasteiger partial charge in [0.1, 0.15) is 5.75 Å². The highest BCUT2D eigenvalue weighted by Crippen LogP contribution is 2.14. The van der Waals surface area contributed by atoms with E-state index in [2.05, 4.69) is 39.2 Å². The van der Waals surface area contributed by atoms with Gasteiger partial charge >= 0.3 is 0 Å². The van der Waals surface area contributed by atoms with Gasteiger partial charge in [-0.3, -0.25) is 0 Å². The number of piperazine rings is 1. The normalized spacial score (nSPS) is 16.2. The first kappa shape index (κ1) is 22.3. The molecule has 0 bridgehead atoms. The molecule has 2 N–H and O–H groups in total. The zero-order valence-electron chi connectivity index (χ0n) is 17.6. The zero-order valence-corrected chi connectivity index (χ0v) is 18.4. The van der Waals surface area contributed by atoms with Crippen LogP contribution in [0.25, 0.3) is 0 Å². The summed E-state index contributed by atoms with van der Waals surface area (Å²) in [6.45, 7) is 6.41. The molecule has 2 aromatic carbocycles. The van der Waals surface area contributed by atoms with Crippen LogP contribution in [0.4, 0.5) is 0 Å². The summed E-state index contributed by atoms with van der Waals surface area (Å²) < 4.78 is 5.91. The third-order valence-electron chi connectivity index (χ3n) is 4.93. The third kappa shape index (κ3) is 8.18. The summed E-state index contributed by atoms with van der Waals surface area (Å²) in [5.41, 5.74) is 8.08. The number of nitrogens with zero attached hydrogens (tertiary/aromatic N) is 4. The molecule has 1 aliphatic heterocycles. The molecule has 30 heavy (non-hydrogen) atoms. The maximum atomic E-state index is 5.93. The number of likely N-dealkylation sites (N-methyl/N-ethyl adjacent to an activating group) is 1. The van der Waals surface area contributed by atoms with Crippen LogP contribution >= 0.6 is 11.8 Å². The Morgan fingerprint density at radius 1 is 1.10 bits per heavy atom. The van der Waals surface area contributed by atoms with Crippen molar-refractivity contribution < 1.29 is 4.74 Å². The van der Waals surface area contributed by atoms with Crippen molar-refractivity contribution in [3.8, 4) is 5.75 Å². The highest BCUT2D eigenvalue weighted by Gasteiger charge is 2.12. The Bertz CT molecular complexity index is 819. The maximum Gasteiger partial charge on any atom is 0.180 e. The van der Waals surface area contributed by atoms with Crippen LogP contribution in [-0.2, 0) is 5.75 Å². The van der Waals surface area contributed by atoms with Crippen LogP contribution < -0.4 is 10.5 Å². The summed E-state index contributed by atoms with van der Waals surface area (Å²) in [6, 6.07) is 18.1. The van der Waals surface area contributed by atoms with E-state index in [0.29, 0.717) is 11.8 Å². The lowest BCUT2D eigenvalue weighted by Gasteiger charge is -2.32. The highest BCUT2D eigenvalue weighted by molar-refractivity contribution is 8.13. The number of hydrogen-bond acceptors (Lipinski definition) is 6. The van der Waals surface area contributed by atoms with Gasteiger partial charge in [-0.05, 0) is 36.7 Å². The van der Waals surface area contributed by atoms with Crippen molar-refractivity contribution in [2.45, 2.75) is 12.2 Å². The predicted molar refractivity (Wildman–Crippen MR) is 127 cm³/mol. The van der Waals surface area contributed by atoms with Crippen molar-refractivity contribution >= 4 is 23.1 Å². The summed E-state index contributed by atoms with van der Waals surface area (Å²) >= 11 is 1.48. The maximum absolute atomic E-state index is 5.93. The summed E-state index contributed by atoms with van der Waals surface area (Å²) in [6.07, 6.45) is 2.73. The summed E-state index contributed by atoms with van der Waals surface area (Å²) in [7, 11) is 2.18. The smallest absolute Gasteiger partial charge is 0.180 e. The largest absolute Gasteiger partial charge is 0.494 e. The van der Waals surface area contributed by atoms with Crippen LogP contribution in [0, 0.1) is 0 Å². The fourth-order valence-corrected chi connectivity index (χ4v) is 3.76. The van der Waals surface area contributed by atoms with Crippen molar-refractivity contribution in [3.05, 3.63) is 65.7 Å². The number of thioether (sulfide) groups is 1. The number of benzene rings is 2. The highest BCUT2D eigenvalue weighted by atomic mass is 32.2. The molecule has 0 radical (unpaired) electrons.